The van der Waals surface area contributed by atoms with Gasteiger partial charge >= 0.3 is 0 Å². The lowest BCUT2D eigenvalue weighted by atomic mass is 9.95. The van der Waals surface area contributed by atoms with Gasteiger partial charge in [-0.25, -0.2) is 4.98 Å². The zero-order chi connectivity index (χ0) is 25.6. The Morgan fingerprint density at radius 3 is 2.78 bits per heavy atom. The Hall–Kier alpha value is -3.42. The molecule has 3 heterocycles. The summed E-state index contributed by atoms with van der Waals surface area (Å²) in [6, 6.07) is 18.6. The summed E-state index contributed by atoms with van der Waals surface area (Å²) in [4.78, 5) is 23.4. The summed E-state index contributed by atoms with van der Waals surface area (Å²) in [6.07, 6.45) is 7.90. The number of aryl methyl sites for hydroxylation is 1. The highest BCUT2D eigenvalue weighted by atomic mass is 16.5. The minimum atomic E-state index is -0.204. The van der Waals surface area contributed by atoms with E-state index in [1.54, 1.807) is 7.11 Å². The normalized spacial score (nSPS) is 16.8. The second kappa shape index (κ2) is 11.8. The average Bonchev–Trinajstić information content (AvgIpc) is 3.58. The molecule has 2 aromatic carbocycles. The molecule has 1 aliphatic heterocycles. The van der Waals surface area contributed by atoms with Crippen molar-refractivity contribution in [2.24, 2.45) is 5.73 Å². The molecule has 7 nitrogen and oxygen atoms in total. The SMILES string of the molecule is COCCCn1c([C@@H]2CCCN(C(=O)C[C@H](N)Cc3ccc(-c4cc[nH]c4)cc3)C2)nc2ccccc21. The van der Waals surface area contributed by atoms with E-state index in [4.69, 9.17) is 15.5 Å². The minimum absolute atomic E-state index is 0.142. The van der Waals surface area contributed by atoms with Crippen molar-refractivity contribution in [3.05, 3.63) is 78.4 Å². The summed E-state index contributed by atoms with van der Waals surface area (Å²) in [7, 11) is 1.74. The first-order valence-corrected chi connectivity index (χ1v) is 13.3. The number of methoxy groups -OCH3 is 1. The number of hydrogen-bond acceptors (Lipinski definition) is 4. The number of amides is 1. The third kappa shape index (κ3) is 5.95. The van der Waals surface area contributed by atoms with Crippen LogP contribution < -0.4 is 5.73 Å². The molecule has 1 fully saturated rings. The number of carbonyl (C=O) groups excluding carboxylic acids is 1. The third-order valence-electron chi connectivity index (χ3n) is 7.37. The molecular weight excluding hydrogens is 462 g/mol. The maximum atomic E-state index is 13.3. The topological polar surface area (TPSA) is 89.2 Å². The van der Waals surface area contributed by atoms with Crippen molar-refractivity contribution in [3.8, 4) is 11.1 Å². The van der Waals surface area contributed by atoms with Crippen LogP contribution in [0.25, 0.3) is 22.2 Å². The zero-order valence-corrected chi connectivity index (χ0v) is 21.6. The standard InChI is InChI=1S/C30H37N5O2/c1-37-17-5-16-35-28-8-3-2-7-27(28)33-30(35)25-6-4-15-34(21-25)29(36)19-26(31)18-22-9-11-23(12-10-22)24-13-14-32-20-24/h2-3,7-14,20,25-26,32H,4-6,15-19,21,31H2,1H3/t25-,26-/m1/s1. The molecule has 1 aliphatic rings. The molecule has 7 heteroatoms. The summed E-state index contributed by atoms with van der Waals surface area (Å²) in [5.74, 6) is 1.45. The zero-order valence-electron chi connectivity index (χ0n) is 21.6. The summed E-state index contributed by atoms with van der Waals surface area (Å²) >= 11 is 0. The van der Waals surface area contributed by atoms with Gasteiger partial charge in [-0.1, -0.05) is 36.4 Å². The van der Waals surface area contributed by atoms with Crippen molar-refractivity contribution in [1.82, 2.24) is 19.4 Å². The van der Waals surface area contributed by atoms with Gasteiger partial charge in [0.2, 0.25) is 5.91 Å². The van der Waals surface area contributed by atoms with Crippen molar-refractivity contribution in [3.63, 3.8) is 0 Å². The molecular formula is C30H37N5O2. The monoisotopic (exact) mass is 499 g/mol. The van der Waals surface area contributed by atoms with E-state index in [0.717, 1.165) is 60.3 Å². The van der Waals surface area contributed by atoms with Crippen LogP contribution in [-0.4, -0.2) is 58.2 Å². The van der Waals surface area contributed by atoms with Crippen molar-refractivity contribution >= 4 is 16.9 Å². The van der Waals surface area contributed by atoms with Crippen molar-refractivity contribution in [2.45, 2.75) is 50.6 Å². The van der Waals surface area contributed by atoms with Crippen LogP contribution in [0.1, 0.15) is 43.0 Å². The number of nitrogens with one attached hydrogen (secondary N) is 1. The summed E-state index contributed by atoms with van der Waals surface area (Å²) in [5, 5.41) is 0. The van der Waals surface area contributed by atoms with Crippen LogP contribution in [0, 0.1) is 0 Å². The number of aromatic nitrogens is 3. The quantitative estimate of drug-likeness (QED) is 0.309. The molecule has 2 aromatic heterocycles. The maximum Gasteiger partial charge on any atom is 0.224 e. The van der Waals surface area contributed by atoms with E-state index in [9.17, 15) is 4.79 Å². The number of para-hydroxylation sites is 2. The van der Waals surface area contributed by atoms with Crippen molar-refractivity contribution in [2.75, 3.05) is 26.8 Å². The van der Waals surface area contributed by atoms with E-state index < -0.39 is 0 Å². The molecule has 2 atom stereocenters. The van der Waals surface area contributed by atoms with E-state index in [1.165, 1.54) is 5.56 Å². The average molecular weight is 500 g/mol. The molecule has 0 radical (unpaired) electrons. The number of rotatable bonds is 10. The molecule has 37 heavy (non-hydrogen) atoms. The molecule has 0 saturated carbocycles. The Balaban J connectivity index is 1.22. The molecule has 0 unspecified atom stereocenters. The van der Waals surface area contributed by atoms with E-state index in [2.05, 4.69) is 58.1 Å². The Kier molecular flexibility index (Phi) is 8.02. The molecule has 0 aliphatic carbocycles. The molecule has 0 spiro atoms. The number of likely N-dealkylation sites (tertiary alicyclic amines) is 1. The Morgan fingerprint density at radius 2 is 2.00 bits per heavy atom. The van der Waals surface area contributed by atoms with Gasteiger partial charge in [0.1, 0.15) is 5.82 Å². The number of H-pyrrole nitrogens is 1. The lowest BCUT2D eigenvalue weighted by Gasteiger charge is -2.33. The van der Waals surface area contributed by atoms with Crippen LogP contribution >= 0.6 is 0 Å². The second-order valence-electron chi connectivity index (χ2n) is 10.1. The number of carbonyl (C=O) groups is 1. The first-order valence-electron chi connectivity index (χ1n) is 13.3. The fourth-order valence-electron chi connectivity index (χ4n) is 5.49. The van der Waals surface area contributed by atoms with Crippen LogP contribution in [0.3, 0.4) is 0 Å². The number of hydrogen-bond donors (Lipinski definition) is 2. The van der Waals surface area contributed by atoms with Crippen molar-refractivity contribution in [1.29, 1.82) is 0 Å². The van der Waals surface area contributed by atoms with Gasteiger partial charge in [-0.2, -0.15) is 0 Å². The molecule has 1 saturated heterocycles. The Bertz CT molecular complexity index is 1300. The molecule has 4 aromatic rings. The lowest BCUT2D eigenvalue weighted by molar-refractivity contribution is -0.132. The van der Waals surface area contributed by atoms with Gasteiger partial charge in [-0.05, 0) is 60.6 Å². The predicted octanol–water partition coefficient (Wildman–Crippen LogP) is 4.73. The van der Waals surface area contributed by atoms with E-state index >= 15 is 0 Å². The maximum absolute atomic E-state index is 13.3. The first-order chi connectivity index (χ1) is 18.1. The van der Waals surface area contributed by atoms with Crippen LogP contribution in [0.2, 0.25) is 0 Å². The number of aromatic amines is 1. The Labute approximate surface area is 218 Å². The largest absolute Gasteiger partial charge is 0.385 e. The second-order valence-corrected chi connectivity index (χ2v) is 10.1. The highest BCUT2D eigenvalue weighted by Gasteiger charge is 2.29. The van der Waals surface area contributed by atoms with Gasteiger partial charge in [0.15, 0.2) is 0 Å². The van der Waals surface area contributed by atoms with Gasteiger partial charge in [-0.15, -0.1) is 0 Å². The minimum Gasteiger partial charge on any atom is -0.385 e. The van der Waals surface area contributed by atoms with E-state index in [1.807, 2.05) is 23.4 Å². The number of ether oxygens (including phenoxy) is 1. The molecule has 194 valence electrons. The molecule has 1 amide bonds. The number of piperidine rings is 1. The molecule has 0 bridgehead atoms. The lowest BCUT2D eigenvalue weighted by Crippen LogP contribution is -2.42. The number of fused-ring (bicyclic) bond motifs is 1. The van der Waals surface area contributed by atoms with Crippen molar-refractivity contribution < 1.29 is 9.53 Å². The first kappa shape index (κ1) is 25.2. The van der Waals surface area contributed by atoms with Crippen LogP contribution in [0.4, 0.5) is 0 Å². The predicted molar refractivity (Wildman–Crippen MR) is 147 cm³/mol. The van der Waals surface area contributed by atoms with Gasteiger partial charge in [-0.3, -0.25) is 4.79 Å². The number of benzene rings is 2. The highest BCUT2D eigenvalue weighted by molar-refractivity contribution is 5.78. The fraction of sp³-hybridized carbons (Fsp3) is 0.400. The number of imidazole rings is 1. The summed E-state index contributed by atoms with van der Waals surface area (Å²) in [5.41, 5.74) is 12.1. The molecule has 3 N–H and O–H groups in total. The van der Waals surface area contributed by atoms with E-state index in [0.29, 0.717) is 26.0 Å². The van der Waals surface area contributed by atoms with Crippen LogP contribution in [0.5, 0.6) is 0 Å². The third-order valence-corrected chi connectivity index (χ3v) is 7.37. The van der Waals surface area contributed by atoms with E-state index in [-0.39, 0.29) is 17.9 Å². The van der Waals surface area contributed by atoms with Gasteiger partial charge in [0.05, 0.1) is 11.0 Å². The van der Waals surface area contributed by atoms with Crippen LogP contribution in [-0.2, 0) is 22.5 Å². The summed E-state index contributed by atoms with van der Waals surface area (Å²) in [6.45, 7) is 3.07. The van der Waals surface area contributed by atoms with Gasteiger partial charge < -0.3 is 24.9 Å². The highest BCUT2D eigenvalue weighted by Crippen LogP contribution is 2.30. The number of nitrogens with two attached hydrogens (primary N) is 1. The summed E-state index contributed by atoms with van der Waals surface area (Å²) < 4.78 is 7.62. The van der Waals surface area contributed by atoms with Crippen LogP contribution in [0.15, 0.2) is 67.0 Å². The van der Waals surface area contributed by atoms with Gasteiger partial charge in [0.25, 0.3) is 0 Å². The smallest absolute Gasteiger partial charge is 0.224 e. The molecule has 5 rings (SSSR count). The van der Waals surface area contributed by atoms with Gasteiger partial charge in [0, 0.05) is 64.1 Å². The fourth-order valence-corrected chi connectivity index (χ4v) is 5.49. The number of nitrogens with zero attached hydrogens (tertiary/aromatic N) is 3. The Morgan fingerprint density at radius 1 is 1.16 bits per heavy atom.